The maximum atomic E-state index is 13.2. The number of carbonyl (C=O) groups excluding carboxylic acids is 2. The molecule has 6 nitrogen and oxygen atoms in total. The Morgan fingerprint density at radius 1 is 1.21 bits per heavy atom. The molecule has 1 atom stereocenters. The first-order valence-corrected chi connectivity index (χ1v) is 10.1. The lowest BCUT2D eigenvalue weighted by atomic mass is 10.1. The van der Waals surface area contributed by atoms with E-state index in [2.05, 4.69) is 23.8 Å². The van der Waals surface area contributed by atoms with Crippen molar-refractivity contribution >= 4 is 11.8 Å². The fourth-order valence-electron chi connectivity index (χ4n) is 3.69. The lowest BCUT2D eigenvalue weighted by molar-refractivity contribution is -0.133. The Bertz CT molecular complexity index is 809. The molecule has 0 bridgehead atoms. The van der Waals surface area contributed by atoms with Gasteiger partial charge >= 0.3 is 0 Å². The standard InChI is InChI=1S/C22H28N4O2/c1-3-8-20-19(13-23-16-24-20)22(28)25-12-11-21(27)26(18(4-2)15-25)14-17-9-6-5-7-10-17/h5-7,9-10,13,16,18H,3-4,8,11-12,14-15H2,1-2H3/t18-/m0/s1. The summed E-state index contributed by atoms with van der Waals surface area (Å²) in [5, 5.41) is 0. The molecule has 6 heteroatoms. The number of aryl methyl sites for hydroxylation is 1. The number of hydrogen-bond donors (Lipinski definition) is 0. The molecule has 1 aromatic carbocycles. The lowest BCUT2D eigenvalue weighted by Crippen LogP contribution is -2.44. The number of benzene rings is 1. The second-order valence-electron chi connectivity index (χ2n) is 7.20. The second kappa shape index (κ2) is 9.44. The van der Waals surface area contributed by atoms with Crippen molar-refractivity contribution in [3.63, 3.8) is 0 Å². The highest BCUT2D eigenvalue weighted by atomic mass is 16.2. The van der Waals surface area contributed by atoms with Crippen LogP contribution in [0.2, 0.25) is 0 Å². The van der Waals surface area contributed by atoms with E-state index in [0.29, 0.717) is 31.6 Å². The van der Waals surface area contributed by atoms with Gasteiger partial charge in [-0.1, -0.05) is 50.6 Å². The van der Waals surface area contributed by atoms with Crippen molar-refractivity contribution in [1.82, 2.24) is 19.8 Å². The van der Waals surface area contributed by atoms with Gasteiger partial charge in [0.25, 0.3) is 5.91 Å². The predicted octanol–water partition coefficient (Wildman–Crippen LogP) is 3.08. The van der Waals surface area contributed by atoms with Crippen LogP contribution in [0.15, 0.2) is 42.9 Å². The van der Waals surface area contributed by atoms with Crippen LogP contribution in [0, 0.1) is 0 Å². The average molecular weight is 380 g/mol. The molecule has 2 amide bonds. The monoisotopic (exact) mass is 380 g/mol. The zero-order chi connectivity index (χ0) is 19.9. The Labute approximate surface area is 166 Å². The Morgan fingerprint density at radius 2 is 2.00 bits per heavy atom. The number of hydrogen-bond acceptors (Lipinski definition) is 4. The van der Waals surface area contributed by atoms with Gasteiger partial charge in [0.1, 0.15) is 6.33 Å². The van der Waals surface area contributed by atoms with Crippen LogP contribution in [0.5, 0.6) is 0 Å². The van der Waals surface area contributed by atoms with Crippen LogP contribution < -0.4 is 0 Å². The van der Waals surface area contributed by atoms with Gasteiger partial charge in [0.05, 0.1) is 11.3 Å². The van der Waals surface area contributed by atoms with Crippen molar-refractivity contribution in [2.75, 3.05) is 13.1 Å². The molecule has 1 aromatic heterocycles. The highest BCUT2D eigenvalue weighted by Crippen LogP contribution is 2.20. The molecule has 0 saturated carbocycles. The number of aromatic nitrogens is 2. The number of rotatable bonds is 6. The molecule has 1 saturated heterocycles. The quantitative estimate of drug-likeness (QED) is 0.772. The van der Waals surface area contributed by atoms with Gasteiger partial charge in [-0.3, -0.25) is 9.59 Å². The molecule has 148 valence electrons. The van der Waals surface area contributed by atoms with Crippen LogP contribution in [0.3, 0.4) is 0 Å². The number of nitrogens with zero attached hydrogens (tertiary/aromatic N) is 4. The average Bonchev–Trinajstić information content (AvgIpc) is 2.88. The summed E-state index contributed by atoms with van der Waals surface area (Å²) in [6, 6.07) is 10.0. The Morgan fingerprint density at radius 3 is 2.71 bits per heavy atom. The Kier molecular flexibility index (Phi) is 6.74. The predicted molar refractivity (Wildman–Crippen MR) is 108 cm³/mol. The van der Waals surface area contributed by atoms with Crippen LogP contribution in [0.25, 0.3) is 0 Å². The van der Waals surface area contributed by atoms with Crippen molar-refractivity contribution in [3.8, 4) is 0 Å². The molecule has 1 aliphatic rings. The van der Waals surface area contributed by atoms with Crippen LogP contribution in [0.1, 0.15) is 54.7 Å². The van der Waals surface area contributed by atoms with E-state index in [1.165, 1.54) is 6.33 Å². The Hall–Kier alpha value is -2.76. The Balaban J connectivity index is 1.80. The van der Waals surface area contributed by atoms with Crippen molar-refractivity contribution in [3.05, 3.63) is 59.7 Å². The molecular weight excluding hydrogens is 352 g/mol. The first-order chi connectivity index (χ1) is 13.6. The highest BCUT2D eigenvalue weighted by molar-refractivity contribution is 5.95. The third kappa shape index (κ3) is 4.55. The molecule has 2 heterocycles. The van der Waals surface area contributed by atoms with Gasteiger partial charge in [0.15, 0.2) is 0 Å². The summed E-state index contributed by atoms with van der Waals surface area (Å²) < 4.78 is 0. The van der Waals surface area contributed by atoms with Crippen LogP contribution in [-0.4, -0.2) is 50.7 Å². The van der Waals surface area contributed by atoms with Crippen LogP contribution in [-0.2, 0) is 17.8 Å². The maximum absolute atomic E-state index is 13.2. The summed E-state index contributed by atoms with van der Waals surface area (Å²) in [7, 11) is 0. The molecule has 0 N–H and O–H groups in total. The molecule has 28 heavy (non-hydrogen) atoms. The third-order valence-electron chi connectivity index (χ3n) is 5.25. The van der Waals surface area contributed by atoms with Gasteiger partial charge in [-0.2, -0.15) is 0 Å². The smallest absolute Gasteiger partial charge is 0.257 e. The van der Waals surface area contributed by atoms with Crippen molar-refractivity contribution in [1.29, 1.82) is 0 Å². The third-order valence-corrected chi connectivity index (χ3v) is 5.25. The first-order valence-electron chi connectivity index (χ1n) is 10.1. The largest absolute Gasteiger partial charge is 0.336 e. The molecule has 2 aromatic rings. The van der Waals surface area contributed by atoms with Crippen molar-refractivity contribution in [2.45, 2.75) is 52.1 Å². The van der Waals surface area contributed by atoms with Crippen molar-refractivity contribution < 1.29 is 9.59 Å². The summed E-state index contributed by atoms with van der Waals surface area (Å²) in [5.74, 6) is 0.0287. The summed E-state index contributed by atoms with van der Waals surface area (Å²) in [4.78, 5) is 38.1. The molecule has 0 radical (unpaired) electrons. The maximum Gasteiger partial charge on any atom is 0.257 e. The second-order valence-corrected chi connectivity index (χ2v) is 7.20. The van der Waals surface area contributed by atoms with Gasteiger partial charge in [-0.15, -0.1) is 0 Å². The molecule has 0 unspecified atom stereocenters. The minimum atomic E-state index is -0.0724. The number of carbonyl (C=O) groups is 2. The van der Waals surface area contributed by atoms with Gasteiger partial charge in [-0.25, -0.2) is 9.97 Å². The van der Waals surface area contributed by atoms with E-state index >= 15 is 0 Å². The van der Waals surface area contributed by atoms with E-state index in [1.54, 1.807) is 11.1 Å². The molecule has 0 aliphatic carbocycles. The van der Waals surface area contributed by atoms with E-state index < -0.39 is 0 Å². The minimum Gasteiger partial charge on any atom is -0.336 e. The summed E-state index contributed by atoms with van der Waals surface area (Å²) >= 11 is 0. The van der Waals surface area contributed by atoms with E-state index in [0.717, 1.165) is 30.5 Å². The zero-order valence-corrected chi connectivity index (χ0v) is 16.7. The first kappa shape index (κ1) is 20.0. The van der Waals surface area contributed by atoms with E-state index in [-0.39, 0.29) is 17.9 Å². The summed E-state index contributed by atoms with van der Waals surface area (Å²) in [6.07, 6.45) is 5.90. The van der Waals surface area contributed by atoms with Crippen LogP contribution in [0.4, 0.5) is 0 Å². The fourth-order valence-corrected chi connectivity index (χ4v) is 3.69. The number of amides is 2. The lowest BCUT2D eigenvalue weighted by Gasteiger charge is -2.31. The molecule has 0 spiro atoms. The van der Waals surface area contributed by atoms with Gasteiger partial charge in [0, 0.05) is 38.3 Å². The molecule has 1 aliphatic heterocycles. The zero-order valence-electron chi connectivity index (χ0n) is 16.7. The van der Waals surface area contributed by atoms with Crippen molar-refractivity contribution in [2.24, 2.45) is 0 Å². The minimum absolute atomic E-state index is 0.00147. The normalized spacial score (nSPS) is 17.5. The molecule has 1 fully saturated rings. The molecular formula is C22H28N4O2. The van der Waals surface area contributed by atoms with E-state index in [1.807, 2.05) is 35.2 Å². The van der Waals surface area contributed by atoms with Gasteiger partial charge in [-0.05, 0) is 18.4 Å². The SMILES string of the molecule is CCCc1ncncc1C(=O)N1CCC(=O)N(Cc2ccccc2)[C@@H](CC)C1. The van der Waals surface area contributed by atoms with E-state index in [9.17, 15) is 9.59 Å². The summed E-state index contributed by atoms with van der Waals surface area (Å²) in [6.45, 7) is 5.68. The van der Waals surface area contributed by atoms with E-state index in [4.69, 9.17) is 0 Å². The van der Waals surface area contributed by atoms with Crippen LogP contribution >= 0.6 is 0 Å². The molecule has 3 rings (SSSR count). The summed E-state index contributed by atoms with van der Waals surface area (Å²) in [5.41, 5.74) is 2.45. The highest BCUT2D eigenvalue weighted by Gasteiger charge is 2.31. The van der Waals surface area contributed by atoms with Gasteiger partial charge in [0.2, 0.25) is 5.91 Å². The topological polar surface area (TPSA) is 66.4 Å². The fraction of sp³-hybridized carbons (Fsp3) is 0.455. The van der Waals surface area contributed by atoms with Gasteiger partial charge < -0.3 is 9.80 Å².